The van der Waals surface area contributed by atoms with Gasteiger partial charge in [-0.25, -0.2) is 5.43 Å². The number of nitrogens with two attached hydrogens (primary N) is 1. The lowest BCUT2D eigenvalue weighted by Crippen LogP contribution is -2.55. The van der Waals surface area contributed by atoms with Gasteiger partial charge in [-0.2, -0.15) is 0 Å². The Bertz CT molecular complexity index is 2150. The van der Waals surface area contributed by atoms with Crippen LogP contribution in [0.4, 0.5) is 0 Å². The summed E-state index contributed by atoms with van der Waals surface area (Å²) < 4.78 is 2.37. The molecule has 51 heavy (non-hydrogen) atoms. The molecule has 0 amide bonds. The molecule has 2 heterocycles. The van der Waals surface area contributed by atoms with Crippen LogP contribution in [0.15, 0.2) is 120 Å². The second-order valence-corrected chi connectivity index (χ2v) is 16.2. The van der Waals surface area contributed by atoms with Crippen LogP contribution in [0.1, 0.15) is 54.3 Å². The van der Waals surface area contributed by atoms with E-state index in [0.29, 0.717) is 28.4 Å². The number of rotatable bonds is 6. The van der Waals surface area contributed by atoms with Crippen LogP contribution in [0, 0.1) is 39.0 Å². The molecule has 0 spiro atoms. The summed E-state index contributed by atoms with van der Waals surface area (Å²) in [5.74, 6) is 0.557. The fourth-order valence-corrected chi connectivity index (χ4v) is 10.4. The maximum Gasteiger partial charge on any atom is 0.136 e. The highest BCUT2D eigenvalue weighted by Crippen LogP contribution is 2.44. The van der Waals surface area contributed by atoms with Crippen molar-refractivity contribution in [2.45, 2.75) is 76.7 Å². The molecular formula is C44H48N6S. The van der Waals surface area contributed by atoms with E-state index in [4.69, 9.17) is 11.1 Å². The summed E-state index contributed by atoms with van der Waals surface area (Å²) in [5, 5.41) is 12.5. The van der Waals surface area contributed by atoms with E-state index in [0.717, 1.165) is 39.9 Å². The van der Waals surface area contributed by atoms with Crippen molar-refractivity contribution < 1.29 is 0 Å². The van der Waals surface area contributed by atoms with Gasteiger partial charge in [-0.15, -0.1) is 11.8 Å². The minimum atomic E-state index is -0.495. The molecule has 5 N–H and O–H groups in total. The molecular weight excluding hydrogens is 645 g/mol. The van der Waals surface area contributed by atoms with Crippen molar-refractivity contribution in [1.82, 2.24) is 20.3 Å². The summed E-state index contributed by atoms with van der Waals surface area (Å²) in [6.07, 6.45) is 20.9. The number of hydrazine groups is 1. The van der Waals surface area contributed by atoms with Crippen LogP contribution >= 0.6 is 11.8 Å². The number of aromatic nitrogens is 1. The number of thioether (sulfide) groups is 1. The Morgan fingerprint density at radius 1 is 0.804 bits per heavy atom. The molecule has 6 atom stereocenters. The molecule has 3 aliphatic carbocycles. The molecule has 1 saturated heterocycles. The Kier molecular flexibility index (Phi) is 8.69. The predicted octanol–water partition coefficient (Wildman–Crippen LogP) is 9.06. The molecule has 7 heteroatoms. The second-order valence-electron chi connectivity index (χ2n) is 14.8. The van der Waals surface area contributed by atoms with Gasteiger partial charge in [0.2, 0.25) is 0 Å². The van der Waals surface area contributed by atoms with E-state index in [1.54, 1.807) is 0 Å². The smallest absolute Gasteiger partial charge is 0.136 e. The van der Waals surface area contributed by atoms with Gasteiger partial charge in [0, 0.05) is 38.2 Å². The van der Waals surface area contributed by atoms with E-state index in [9.17, 15) is 0 Å². The van der Waals surface area contributed by atoms with Gasteiger partial charge in [-0.1, -0.05) is 78.8 Å². The maximum atomic E-state index is 9.15. The standard InChI is InChI=1S/C44H48N6S/c1-25-15-17-35-33(19-25)34-20-26(2)16-18-36(34)49(35)31-21-27(3)41(28(4)22-31)43(45)47-48-44(46)42-29(5)23-32(24-30(42)6)50-37-11-7-9-13-39(37)51-40-14-10-8-12-38(40)50/h7-23,30,37-40,43,47H,24,45H2,1-6H3,(H2,46,48). The van der Waals surface area contributed by atoms with Gasteiger partial charge < -0.3 is 20.6 Å². The minimum absolute atomic E-state index is 0.183. The van der Waals surface area contributed by atoms with Crippen LogP contribution < -0.4 is 16.6 Å². The second kappa shape index (κ2) is 13.2. The van der Waals surface area contributed by atoms with Crippen molar-refractivity contribution in [2.75, 3.05) is 0 Å². The van der Waals surface area contributed by atoms with Crippen molar-refractivity contribution in [3.63, 3.8) is 0 Å². The Balaban J connectivity index is 1.03. The number of fused-ring (bicyclic) bond motifs is 5. The fourth-order valence-electron chi connectivity index (χ4n) is 8.87. The summed E-state index contributed by atoms with van der Waals surface area (Å²) in [6, 6.07) is 18.5. The molecule has 6 unspecified atom stereocenters. The Morgan fingerprint density at radius 2 is 1.35 bits per heavy atom. The number of hydrogen-bond acceptors (Lipinski definition) is 5. The lowest BCUT2D eigenvalue weighted by Gasteiger charge is -2.51. The van der Waals surface area contributed by atoms with Crippen molar-refractivity contribution in [3.05, 3.63) is 148 Å². The first-order valence-corrected chi connectivity index (χ1v) is 19.1. The topological polar surface area (TPSA) is 82.1 Å². The van der Waals surface area contributed by atoms with Gasteiger partial charge in [-0.05, 0) is 112 Å². The van der Waals surface area contributed by atoms with E-state index >= 15 is 0 Å². The van der Waals surface area contributed by atoms with Crippen LogP contribution in [0.3, 0.4) is 0 Å². The van der Waals surface area contributed by atoms with Crippen LogP contribution in [0.5, 0.6) is 0 Å². The Hall–Kier alpha value is -4.56. The molecule has 6 nitrogen and oxygen atoms in total. The predicted molar refractivity (Wildman–Crippen MR) is 216 cm³/mol. The summed E-state index contributed by atoms with van der Waals surface area (Å²) in [4.78, 5) is 2.64. The summed E-state index contributed by atoms with van der Waals surface area (Å²) in [5.41, 5.74) is 26.1. The zero-order valence-electron chi connectivity index (χ0n) is 30.4. The lowest BCUT2D eigenvalue weighted by atomic mass is 9.84. The van der Waals surface area contributed by atoms with Crippen molar-refractivity contribution in [1.29, 1.82) is 5.41 Å². The van der Waals surface area contributed by atoms with Crippen molar-refractivity contribution in [2.24, 2.45) is 11.7 Å². The van der Waals surface area contributed by atoms with Crippen LogP contribution in [0.25, 0.3) is 27.5 Å². The third kappa shape index (κ3) is 5.91. The maximum absolute atomic E-state index is 9.15. The monoisotopic (exact) mass is 692 g/mol. The molecule has 260 valence electrons. The number of benzene rings is 3. The number of nitrogens with zero attached hydrogens (tertiary/aromatic N) is 2. The zero-order chi connectivity index (χ0) is 35.6. The van der Waals surface area contributed by atoms with Crippen LogP contribution in [0.2, 0.25) is 0 Å². The largest absolute Gasteiger partial charge is 0.359 e. The summed E-state index contributed by atoms with van der Waals surface area (Å²) >= 11 is 2.06. The van der Waals surface area contributed by atoms with Gasteiger partial charge in [0.1, 0.15) is 5.84 Å². The third-order valence-corrected chi connectivity index (χ3v) is 12.6. The molecule has 8 rings (SSSR count). The molecule has 1 aromatic heterocycles. The molecule has 3 aromatic carbocycles. The fraction of sp³-hybridized carbons (Fsp3) is 0.295. The van der Waals surface area contributed by atoms with Crippen LogP contribution in [-0.4, -0.2) is 37.9 Å². The normalized spacial score (nSPS) is 24.6. The first-order valence-electron chi connectivity index (χ1n) is 18.1. The van der Waals surface area contributed by atoms with E-state index < -0.39 is 6.17 Å². The van der Waals surface area contributed by atoms with Crippen molar-refractivity contribution >= 4 is 39.4 Å². The van der Waals surface area contributed by atoms with Gasteiger partial charge >= 0.3 is 0 Å². The van der Waals surface area contributed by atoms with Gasteiger partial charge in [0.05, 0.1) is 29.3 Å². The Labute approximate surface area is 306 Å². The summed E-state index contributed by atoms with van der Waals surface area (Å²) in [6.45, 7) is 13.0. The molecule has 4 aromatic rings. The number of allylic oxidation sites excluding steroid dienone is 7. The van der Waals surface area contributed by atoms with Crippen molar-refractivity contribution in [3.8, 4) is 5.69 Å². The highest BCUT2D eigenvalue weighted by atomic mass is 32.2. The Morgan fingerprint density at radius 3 is 1.90 bits per heavy atom. The zero-order valence-corrected chi connectivity index (χ0v) is 31.2. The molecule has 0 saturated carbocycles. The lowest BCUT2D eigenvalue weighted by molar-refractivity contribution is 0.227. The van der Waals surface area contributed by atoms with Gasteiger partial charge in [-0.3, -0.25) is 5.41 Å². The molecule has 1 fully saturated rings. The number of amidine groups is 1. The first kappa shape index (κ1) is 33.6. The molecule has 4 aliphatic rings. The van der Waals surface area contributed by atoms with E-state index in [1.807, 2.05) is 0 Å². The third-order valence-electron chi connectivity index (χ3n) is 11.1. The average Bonchev–Trinajstić information content (AvgIpc) is 3.41. The van der Waals surface area contributed by atoms with E-state index in [-0.39, 0.29) is 5.92 Å². The van der Waals surface area contributed by atoms with Crippen LogP contribution in [-0.2, 0) is 0 Å². The highest BCUT2D eigenvalue weighted by Gasteiger charge is 2.42. The number of hydrogen-bond donors (Lipinski definition) is 4. The minimum Gasteiger partial charge on any atom is -0.359 e. The molecule has 0 radical (unpaired) electrons. The number of nitrogens with one attached hydrogen (secondary N) is 3. The SMILES string of the molecule is CC1=C(C(=N)NNC(N)c2c(C)cc(-n3c4ccc(C)cc4c4cc(C)ccc43)cc2C)C(C)CC(N2C3C=CC=CC3SC3C=CC=CC32)=C1. The summed E-state index contributed by atoms with van der Waals surface area (Å²) in [7, 11) is 0. The van der Waals surface area contributed by atoms with E-state index in [2.05, 4.69) is 177 Å². The number of aryl methyl sites for hydroxylation is 4. The van der Waals surface area contributed by atoms with Gasteiger partial charge in [0.15, 0.2) is 0 Å². The van der Waals surface area contributed by atoms with E-state index in [1.165, 1.54) is 38.6 Å². The van der Waals surface area contributed by atoms with Gasteiger partial charge in [0.25, 0.3) is 0 Å². The first-order chi connectivity index (χ1) is 24.6. The quantitative estimate of drug-likeness (QED) is 0.0702. The average molecular weight is 693 g/mol. The molecule has 1 aliphatic heterocycles. The molecule has 0 bridgehead atoms. The highest BCUT2D eigenvalue weighted by molar-refractivity contribution is 8.01.